The second-order valence-electron chi connectivity index (χ2n) is 4.63. The first-order valence-electron chi connectivity index (χ1n) is 5.06. The maximum atomic E-state index is 13.3. The molecule has 4 heteroatoms. The van der Waals surface area contributed by atoms with Crippen molar-refractivity contribution in [1.29, 1.82) is 0 Å². The Labute approximate surface area is 92.9 Å². The highest BCUT2D eigenvalue weighted by Crippen LogP contribution is 2.39. The van der Waals surface area contributed by atoms with E-state index in [1.54, 1.807) is 6.07 Å². The Hall–Kier alpha value is -1.58. The van der Waals surface area contributed by atoms with Crippen LogP contribution >= 0.6 is 0 Å². The largest absolute Gasteiger partial charge is 0.492 e. The number of carboxylic acid groups (broad SMARTS) is 1. The third kappa shape index (κ3) is 1.64. The first kappa shape index (κ1) is 10.9. The smallest absolute Gasteiger partial charge is 0.343 e. The summed E-state index contributed by atoms with van der Waals surface area (Å²) in [5.41, 5.74) is 1.03. The van der Waals surface area contributed by atoms with Gasteiger partial charge in [0.1, 0.15) is 5.75 Å². The molecule has 0 aromatic heterocycles. The van der Waals surface area contributed by atoms with Crippen LogP contribution in [-0.4, -0.2) is 17.7 Å². The molecule has 3 nitrogen and oxygen atoms in total. The van der Waals surface area contributed by atoms with Crippen LogP contribution in [-0.2, 0) is 10.2 Å². The van der Waals surface area contributed by atoms with Gasteiger partial charge in [0.05, 0.1) is 6.61 Å². The van der Waals surface area contributed by atoms with Crippen LogP contribution in [0.1, 0.15) is 31.1 Å². The van der Waals surface area contributed by atoms with Crippen molar-refractivity contribution >= 4 is 5.97 Å². The topological polar surface area (TPSA) is 46.5 Å². The molecule has 1 aromatic rings. The summed E-state index contributed by atoms with van der Waals surface area (Å²) in [5, 5.41) is 8.57. The van der Waals surface area contributed by atoms with Crippen LogP contribution < -0.4 is 4.74 Å². The molecular formula is C12H13FO3. The molecule has 0 spiro atoms. The average molecular weight is 224 g/mol. The molecular weight excluding hydrogens is 211 g/mol. The minimum Gasteiger partial charge on any atom is -0.492 e. The molecule has 1 N–H and O–H groups in total. The molecule has 1 aliphatic rings. The van der Waals surface area contributed by atoms with E-state index in [9.17, 15) is 9.18 Å². The zero-order valence-electron chi connectivity index (χ0n) is 9.16. The van der Waals surface area contributed by atoms with Crippen LogP contribution in [0, 0.1) is 0 Å². The fraction of sp³-hybridized carbons (Fsp3) is 0.417. The van der Waals surface area contributed by atoms with Crippen molar-refractivity contribution in [3.8, 4) is 5.75 Å². The number of alkyl halides is 1. The molecule has 1 atom stereocenters. The molecule has 0 radical (unpaired) electrons. The number of fused-ring (bicyclic) bond motifs is 1. The van der Waals surface area contributed by atoms with Crippen LogP contribution in [0.4, 0.5) is 4.39 Å². The fourth-order valence-electron chi connectivity index (χ4n) is 1.85. The summed E-state index contributed by atoms with van der Waals surface area (Å²) < 4.78 is 18.7. The monoisotopic (exact) mass is 224 g/mol. The van der Waals surface area contributed by atoms with E-state index in [-0.39, 0.29) is 11.0 Å². The van der Waals surface area contributed by atoms with Gasteiger partial charge in [-0.15, -0.1) is 0 Å². The molecule has 1 aliphatic heterocycles. The Morgan fingerprint density at radius 2 is 2.25 bits per heavy atom. The van der Waals surface area contributed by atoms with Crippen LogP contribution in [0.2, 0.25) is 0 Å². The average Bonchev–Trinajstić information content (AvgIpc) is 2.53. The lowest BCUT2D eigenvalue weighted by Gasteiger charge is -2.15. The molecule has 86 valence electrons. The number of aliphatic carboxylic acids is 1. The van der Waals surface area contributed by atoms with E-state index < -0.39 is 12.1 Å². The van der Waals surface area contributed by atoms with E-state index >= 15 is 0 Å². The first-order chi connectivity index (χ1) is 7.42. The molecule has 1 aromatic carbocycles. The molecule has 1 unspecified atom stereocenters. The van der Waals surface area contributed by atoms with Gasteiger partial charge in [0, 0.05) is 16.5 Å². The van der Waals surface area contributed by atoms with Crippen molar-refractivity contribution in [2.45, 2.75) is 25.4 Å². The summed E-state index contributed by atoms with van der Waals surface area (Å²) in [7, 11) is 0. The summed E-state index contributed by atoms with van der Waals surface area (Å²) in [5.74, 6) is -0.886. The van der Waals surface area contributed by atoms with Crippen LogP contribution in [0.15, 0.2) is 18.2 Å². The van der Waals surface area contributed by atoms with Gasteiger partial charge in [-0.25, -0.2) is 9.18 Å². The quantitative estimate of drug-likeness (QED) is 0.839. The van der Waals surface area contributed by atoms with Crippen molar-refractivity contribution < 1.29 is 19.0 Å². The first-order valence-corrected chi connectivity index (χ1v) is 5.06. The lowest BCUT2D eigenvalue weighted by molar-refractivity contribution is -0.143. The van der Waals surface area contributed by atoms with Crippen LogP contribution in [0.25, 0.3) is 0 Å². The lowest BCUT2D eigenvalue weighted by atomic mass is 9.86. The van der Waals surface area contributed by atoms with Gasteiger partial charge in [-0.2, -0.15) is 0 Å². The lowest BCUT2D eigenvalue weighted by Crippen LogP contribution is -2.18. The molecule has 0 saturated heterocycles. The molecule has 0 bridgehead atoms. The molecule has 0 saturated carbocycles. The number of carbonyl (C=O) groups is 1. The van der Waals surface area contributed by atoms with Crippen molar-refractivity contribution in [2.75, 3.05) is 6.61 Å². The van der Waals surface area contributed by atoms with Gasteiger partial charge < -0.3 is 9.84 Å². The molecule has 0 amide bonds. The number of hydrogen-bond acceptors (Lipinski definition) is 2. The Bertz CT molecular complexity index is 440. The number of benzene rings is 1. The van der Waals surface area contributed by atoms with E-state index in [4.69, 9.17) is 9.84 Å². The van der Waals surface area contributed by atoms with Crippen molar-refractivity contribution in [1.82, 2.24) is 0 Å². The summed E-state index contributed by atoms with van der Waals surface area (Å²) in [6, 6.07) is 4.73. The number of hydrogen-bond donors (Lipinski definition) is 1. The van der Waals surface area contributed by atoms with E-state index in [0.717, 1.165) is 5.56 Å². The highest BCUT2D eigenvalue weighted by Gasteiger charge is 2.32. The third-order valence-corrected chi connectivity index (χ3v) is 2.83. The standard InChI is InChI=1S/C12H13FO3/c1-12(2)6-16-9-5-7(3-4-8(9)12)10(13)11(14)15/h3-5,10H,6H2,1-2H3,(H,14,15). The van der Waals surface area contributed by atoms with E-state index in [0.29, 0.717) is 12.4 Å². The predicted octanol–water partition coefficient (Wildman–Crippen LogP) is 2.45. The van der Waals surface area contributed by atoms with Gasteiger partial charge in [-0.1, -0.05) is 26.0 Å². The molecule has 16 heavy (non-hydrogen) atoms. The van der Waals surface area contributed by atoms with Gasteiger partial charge >= 0.3 is 5.97 Å². The van der Waals surface area contributed by atoms with E-state index in [1.807, 2.05) is 13.8 Å². The van der Waals surface area contributed by atoms with Crippen LogP contribution in [0.3, 0.4) is 0 Å². The highest BCUT2D eigenvalue weighted by molar-refractivity contribution is 5.74. The Morgan fingerprint density at radius 1 is 1.56 bits per heavy atom. The SMILES string of the molecule is CC1(C)COc2cc(C(F)C(=O)O)ccc21. The number of carboxylic acids is 1. The number of halogens is 1. The normalized spacial score (nSPS) is 18.7. The molecule has 2 rings (SSSR count). The van der Waals surface area contributed by atoms with Gasteiger partial charge in [-0.3, -0.25) is 0 Å². The summed E-state index contributed by atoms with van der Waals surface area (Å²) in [4.78, 5) is 10.5. The predicted molar refractivity (Wildman–Crippen MR) is 56.4 cm³/mol. The van der Waals surface area contributed by atoms with Crippen molar-refractivity contribution in [3.63, 3.8) is 0 Å². The summed E-state index contributed by atoms with van der Waals surface area (Å²) >= 11 is 0. The maximum absolute atomic E-state index is 13.3. The molecule has 1 heterocycles. The van der Waals surface area contributed by atoms with Gasteiger partial charge in [0.15, 0.2) is 0 Å². The van der Waals surface area contributed by atoms with Gasteiger partial charge in [0.25, 0.3) is 0 Å². The Balaban J connectivity index is 2.39. The zero-order chi connectivity index (χ0) is 11.9. The molecule has 0 fully saturated rings. The Kier molecular flexibility index (Phi) is 2.37. The van der Waals surface area contributed by atoms with E-state index in [2.05, 4.69) is 0 Å². The second-order valence-corrected chi connectivity index (χ2v) is 4.63. The summed E-state index contributed by atoms with van der Waals surface area (Å²) in [6.07, 6.45) is -1.99. The maximum Gasteiger partial charge on any atom is 0.343 e. The van der Waals surface area contributed by atoms with E-state index in [1.165, 1.54) is 12.1 Å². The van der Waals surface area contributed by atoms with Gasteiger partial charge in [0.2, 0.25) is 6.17 Å². The highest BCUT2D eigenvalue weighted by atomic mass is 19.1. The zero-order valence-corrected chi connectivity index (χ0v) is 9.16. The minimum absolute atomic E-state index is 0.0943. The number of rotatable bonds is 2. The molecule has 0 aliphatic carbocycles. The fourth-order valence-corrected chi connectivity index (χ4v) is 1.85. The number of ether oxygens (including phenoxy) is 1. The Morgan fingerprint density at radius 3 is 2.88 bits per heavy atom. The van der Waals surface area contributed by atoms with Gasteiger partial charge in [-0.05, 0) is 6.07 Å². The van der Waals surface area contributed by atoms with Crippen LogP contribution in [0.5, 0.6) is 5.75 Å². The second kappa shape index (κ2) is 3.47. The van der Waals surface area contributed by atoms with Crippen molar-refractivity contribution in [3.05, 3.63) is 29.3 Å². The third-order valence-electron chi connectivity index (χ3n) is 2.83. The van der Waals surface area contributed by atoms with Crippen molar-refractivity contribution in [2.24, 2.45) is 0 Å². The summed E-state index contributed by atoms with van der Waals surface area (Å²) in [6.45, 7) is 4.60. The minimum atomic E-state index is -1.99.